The van der Waals surface area contributed by atoms with Crippen molar-refractivity contribution < 1.29 is 9.53 Å². The SMILES string of the molecule is CCOc1ccc(NC(=O)CC2CCNC2)cc1.Cl. The highest BCUT2D eigenvalue weighted by Gasteiger charge is 2.17. The number of hydrogen-bond acceptors (Lipinski definition) is 3. The summed E-state index contributed by atoms with van der Waals surface area (Å²) in [5.41, 5.74) is 0.828. The molecule has 2 rings (SSSR count). The van der Waals surface area contributed by atoms with E-state index in [1.807, 2.05) is 31.2 Å². The molecule has 0 radical (unpaired) electrons. The lowest BCUT2D eigenvalue weighted by molar-refractivity contribution is -0.116. The Morgan fingerprint density at radius 2 is 2.16 bits per heavy atom. The molecular weight excluding hydrogens is 264 g/mol. The number of benzene rings is 1. The van der Waals surface area contributed by atoms with E-state index < -0.39 is 0 Å². The highest BCUT2D eigenvalue weighted by Crippen LogP contribution is 2.17. The number of nitrogens with one attached hydrogen (secondary N) is 2. The molecule has 1 aliphatic heterocycles. The number of amides is 1. The number of hydrogen-bond donors (Lipinski definition) is 2. The van der Waals surface area contributed by atoms with E-state index in [0.717, 1.165) is 30.9 Å². The minimum absolute atomic E-state index is 0. The lowest BCUT2D eigenvalue weighted by atomic mass is 10.0. The Bertz CT molecular complexity index is 389. The first-order valence-corrected chi connectivity index (χ1v) is 6.51. The van der Waals surface area contributed by atoms with Crippen molar-refractivity contribution in [3.8, 4) is 5.75 Å². The van der Waals surface area contributed by atoms with Crippen LogP contribution in [0.4, 0.5) is 5.69 Å². The molecule has 1 atom stereocenters. The van der Waals surface area contributed by atoms with Crippen molar-refractivity contribution in [3.63, 3.8) is 0 Å². The van der Waals surface area contributed by atoms with Gasteiger partial charge in [0.2, 0.25) is 5.91 Å². The molecule has 1 amide bonds. The van der Waals surface area contributed by atoms with E-state index in [-0.39, 0.29) is 18.3 Å². The zero-order chi connectivity index (χ0) is 12.8. The maximum absolute atomic E-state index is 11.8. The molecule has 4 nitrogen and oxygen atoms in total. The van der Waals surface area contributed by atoms with Crippen molar-refractivity contribution in [2.45, 2.75) is 19.8 Å². The first-order chi connectivity index (χ1) is 8.78. The van der Waals surface area contributed by atoms with Crippen molar-refractivity contribution >= 4 is 24.0 Å². The van der Waals surface area contributed by atoms with Crippen LogP contribution in [0.3, 0.4) is 0 Å². The second-order valence-electron chi connectivity index (χ2n) is 4.57. The Morgan fingerprint density at radius 3 is 2.74 bits per heavy atom. The average Bonchev–Trinajstić information content (AvgIpc) is 2.84. The van der Waals surface area contributed by atoms with Crippen molar-refractivity contribution in [1.82, 2.24) is 5.32 Å². The van der Waals surface area contributed by atoms with Crippen molar-refractivity contribution in [3.05, 3.63) is 24.3 Å². The van der Waals surface area contributed by atoms with Crippen molar-refractivity contribution in [2.24, 2.45) is 5.92 Å². The van der Waals surface area contributed by atoms with Gasteiger partial charge in [0.05, 0.1) is 6.61 Å². The Morgan fingerprint density at radius 1 is 1.42 bits per heavy atom. The molecule has 1 unspecified atom stereocenters. The summed E-state index contributed by atoms with van der Waals surface area (Å²) in [6.45, 7) is 4.59. The van der Waals surface area contributed by atoms with Crippen LogP contribution in [0.25, 0.3) is 0 Å². The fraction of sp³-hybridized carbons (Fsp3) is 0.500. The van der Waals surface area contributed by atoms with Gasteiger partial charge in [-0.1, -0.05) is 0 Å². The summed E-state index contributed by atoms with van der Waals surface area (Å²) in [5.74, 6) is 1.40. The molecular formula is C14H21ClN2O2. The zero-order valence-electron chi connectivity index (χ0n) is 11.1. The molecule has 1 fully saturated rings. The minimum atomic E-state index is 0. The third-order valence-electron chi connectivity index (χ3n) is 3.09. The van der Waals surface area contributed by atoms with Crippen LogP contribution in [0.15, 0.2) is 24.3 Å². The third kappa shape index (κ3) is 5.09. The molecule has 1 aromatic carbocycles. The van der Waals surface area contributed by atoms with Crippen LogP contribution in [-0.2, 0) is 4.79 Å². The summed E-state index contributed by atoms with van der Waals surface area (Å²) in [7, 11) is 0. The van der Waals surface area contributed by atoms with Crippen LogP contribution >= 0.6 is 12.4 Å². The van der Waals surface area contributed by atoms with Crippen LogP contribution in [-0.4, -0.2) is 25.6 Å². The van der Waals surface area contributed by atoms with Gasteiger partial charge < -0.3 is 15.4 Å². The number of carbonyl (C=O) groups is 1. The molecule has 0 spiro atoms. The number of ether oxygens (including phenoxy) is 1. The summed E-state index contributed by atoms with van der Waals surface area (Å²) in [6.07, 6.45) is 1.69. The van der Waals surface area contributed by atoms with Crippen LogP contribution in [0, 0.1) is 5.92 Å². The average molecular weight is 285 g/mol. The molecule has 5 heteroatoms. The lowest BCUT2D eigenvalue weighted by Gasteiger charge is -2.09. The Kier molecular flexibility index (Phi) is 6.67. The first-order valence-electron chi connectivity index (χ1n) is 6.51. The summed E-state index contributed by atoms with van der Waals surface area (Å²) in [5, 5.41) is 6.18. The molecule has 0 aliphatic carbocycles. The second-order valence-corrected chi connectivity index (χ2v) is 4.57. The van der Waals surface area contributed by atoms with E-state index in [1.54, 1.807) is 0 Å². The van der Waals surface area contributed by atoms with Crippen molar-refractivity contribution in [1.29, 1.82) is 0 Å². The molecule has 19 heavy (non-hydrogen) atoms. The maximum atomic E-state index is 11.8. The van der Waals surface area contributed by atoms with Gasteiger partial charge in [0.1, 0.15) is 5.75 Å². The summed E-state index contributed by atoms with van der Waals surface area (Å²) in [4.78, 5) is 11.8. The minimum Gasteiger partial charge on any atom is -0.494 e. The van der Waals surface area contributed by atoms with Gasteiger partial charge in [-0.25, -0.2) is 0 Å². The smallest absolute Gasteiger partial charge is 0.224 e. The zero-order valence-corrected chi connectivity index (χ0v) is 12.0. The van der Waals surface area contributed by atoms with Gasteiger partial charge in [-0.2, -0.15) is 0 Å². The molecule has 1 aliphatic rings. The number of halogens is 1. The number of carbonyl (C=O) groups excluding carboxylic acids is 1. The Labute approximate surface area is 120 Å². The predicted octanol–water partition coefficient (Wildman–Crippen LogP) is 2.45. The fourth-order valence-electron chi connectivity index (χ4n) is 2.16. The third-order valence-corrected chi connectivity index (χ3v) is 3.09. The standard InChI is InChI=1S/C14H20N2O2.ClH/c1-2-18-13-5-3-12(4-6-13)16-14(17)9-11-7-8-15-10-11;/h3-6,11,15H,2,7-10H2,1H3,(H,16,17);1H. The van der Waals surface area contributed by atoms with Gasteiger partial charge in [0, 0.05) is 12.1 Å². The van der Waals surface area contributed by atoms with Gasteiger partial charge in [0.15, 0.2) is 0 Å². The monoisotopic (exact) mass is 284 g/mol. The van der Waals surface area contributed by atoms with Crippen LogP contribution in [0.5, 0.6) is 5.75 Å². The highest BCUT2D eigenvalue weighted by atomic mass is 35.5. The van der Waals surface area contributed by atoms with Crippen LogP contribution in [0.1, 0.15) is 19.8 Å². The van der Waals surface area contributed by atoms with Crippen LogP contribution in [0.2, 0.25) is 0 Å². The van der Waals surface area contributed by atoms with E-state index >= 15 is 0 Å². The topological polar surface area (TPSA) is 50.4 Å². The Balaban J connectivity index is 0.00000180. The molecule has 1 heterocycles. The van der Waals surface area contributed by atoms with E-state index in [1.165, 1.54) is 0 Å². The highest BCUT2D eigenvalue weighted by molar-refractivity contribution is 5.90. The molecule has 1 saturated heterocycles. The van der Waals surface area contributed by atoms with Crippen molar-refractivity contribution in [2.75, 3.05) is 25.0 Å². The normalized spacial score (nSPS) is 17.6. The van der Waals surface area contributed by atoms with Gasteiger partial charge in [-0.15, -0.1) is 12.4 Å². The molecule has 2 N–H and O–H groups in total. The second kappa shape index (κ2) is 8.02. The van der Waals surface area contributed by atoms with E-state index in [2.05, 4.69) is 10.6 Å². The lowest BCUT2D eigenvalue weighted by Crippen LogP contribution is -2.18. The number of anilines is 1. The molecule has 1 aromatic rings. The van der Waals surface area contributed by atoms with Gasteiger partial charge in [-0.3, -0.25) is 4.79 Å². The summed E-state index contributed by atoms with van der Waals surface area (Å²) < 4.78 is 5.35. The fourth-order valence-corrected chi connectivity index (χ4v) is 2.16. The quantitative estimate of drug-likeness (QED) is 0.873. The van der Waals surface area contributed by atoms with Gasteiger partial charge in [-0.05, 0) is 56.6 Å². The van der Waals surface area contributed by atoms with E-state index in [0.29, 0.717) is 18.9 Å². The van der Waals surface area contributed by atoms with Gasteiger partial charge >= 0.3 is 0 Å². The summed E-state index contributed by atoms with van der Waals surface area (Å²) >= 11 is 0. The summed E-state index contributed by atoms with van der Waals surface area (Å²) in [6, 6.07) is 7.48. The van der Waals surface area contributed by atoms with Gasteiger partial charge in [0.25, 0.3) is 0 Å². The Hall–Kier alpha value is -1.26. The maximum Gasteiger partial charge on any atom is 0.224 e. The molecule has 0 bridgehead atoms. The molecule has 106 valence electrons. The molecule has 0 aromatic heterocycles. The first kappa shape index (κ1) is 15.8. The van der Waals surface area contributed by atoms with E-state index in [4.69, 9.17) is 4.74 Å². The molecule has 0 saturated carbocycles. The van der Waals surface area contributed by atoms with Crippen LogP contribution < -0.4 is 15.4 Å². The van der Waals surface area contributed by atoms with E-state index in [9.17, 15) is 4.79 Å². The number of rotatable bonds is 5. The predicted molar refractivity (Wildman–Crippen MR) is 79.1 cm³/mol. The largest absolute Gasteiger partial charge is 0.494 e.